The smallest absolute Gasteiger partial charge is 0.159 e. The molecule has 13 aromatic rings. The van der Waals surface area contributed by atoms with Gasteiger partial charge in [-0.3, -0.25) is 0 Å². The van der Waals surface area contributed by atoms with Crippen LogP contribution in [0.3, 0.4) is 0 Å². The third-order valence-corrected chi connectivity index (χ3v) is 12.1. The van der Waals surface area contributed by atoms with Gasteiger partial charge in [-0.05, 0) is 59.2 Å². The van der Waals surface area contributed by atoms with Gasteiger partial charge in [-0.2, -0.15) is 0 Å². The maximum absolute atomic E-state index is 6.75. The first-order valence-electron chi connectivity index (χ1n) is 19.8. The Bertz CT molecular complexity index is 3800. The molecule has 4 heteroatoms. The zero-order valence-electron chi connectivity index (χ0n) is 31.2. The van der Waals surface area contributed by atoms with Gasteiger partial charge >= 0.3 is 0 Å². The SMILES string of the molecule is c1ccc(-c2ccc3c4ccccc4n(-c4cccc5c4oc4ccccc45)c3c2-c2ccc3c4ccccc4n(-c4cccc5c4oc4ccccc45)c3c2)cc1. The number of hydrogen-bond donors (Lipinski definition) is 0. The third-order valence-electron chi connectivity index (χ3n) is 12.1. The summed E-state index contributed by atoms with van der Waals surface area (Å²) in [6, 6.07) is 69.5. The Hall–Kier alpha value is -7.82. The quantitative estimate of drug-likeness (QED) is 0.180. The number of para-hydroxylation sites is 6. The maximum atomic E-state index is 6.75. The molecule has 13 rings (SSSR count). The van der Waals surface area contributed by atoms with Gasteiger partial charge in [-0.15, -0.1) is 0 Å². The summed E-state index contributed by atoms with van der Waals surface area (Å²) in [6.07, 6.45) is 0. The highest BCUT2D eigenvalue weighted by Crippen LogP contribution is 2.47. The molecule has 0 aliphatic heterocycles. The van der Waals surface area contributed by atoms with Crippen molar-refractivity contribution in [3.8, 4) is 33.6 Å². The van der Waals surface area contributed by atoms with Crippen LogP contribution in [0.5, 0.6) is 0 Å². The molecule has 0 saturated heterocycles. The van der Waals surface area contributed by atoms with E-state index in [-0.39, 0.29) is 0 Å². The van der Waals surface area contributed by atoms with Crippen molar-refractivity contribution < 1.29 is 8.83 Å². The summed E-state index contributed by atoms with van der Waals surface area (Å²) < 4.78 is 18.3. The lowest BCUT2D eigenvalue weighted by molar-refractivity contribution is 0.666. The Balaban J connectivity index is 1.18. The Morgan fingerprint density at radius 3 is 1.48 bits per heavy atom. The first-order chi connectivity index (χ1) is 28.8. The molecular weight excluding hydrogens is 709 g/mol. The summed E-state index contributed by atoms with van der Waals surface area (Å²) in [5.74, 6) is 0. The van der Waals surface area contributed by atoms with E-state index in [9.17, 15) is 0 Å². The van der Waals surface area contributed by atoms with Gasteiger partial charge in [0.05, 0.1) is 33.4 Å². The summed E-state index contributed by atoms with van der Waals surface area (Å²) in [4.78, 5) is 0. The molecule has 0 radical (unpaired) electrons. The monoisotopic (exact) mass is 740 g/mol. The third kappa shape index (κ3) is 4.29. The van der Waals surface area contributed by atoms with Crippen molar-refractivity contribution in [2.75, 3.05) is 0 Å². The van der Waals surface area contributed by atoms with E-state index < -0.39 is 0 Å². The number of fused-ring (bicyclic) bond motifs is 12. The topological polar surface area (TPSA) is 36.1 Å². The average Bonchev–Trinajstić information content (AvgIpc) is 4.04. The van der Waals surface area contributed by atoms with Gasteiger partial charge < -0.3 is 18.0 Å². The number of hydrogen-bond acceptors (Lipinski definition) is 2. The van der Waals surface area contributed by atoms with Gasteiger partial charge in [-0.1, -0.05) is 152 Å². The van der Waals surface area contributed by atoms with Crippen molar-refractivity contribution in [2.24, 2.45) is 0 Å². The molecule has 0 aliphatic carbocycles. The second kappa shape index (κ2) is 11.8. The highest BCUT2D eigenvalue weighted by molar-refractivity contribution is 6.19. The highest BCUT2D eigenvalue weighted by Gasteiger charge is 2.24. The minimum Gasteiger partial charge on any atom is -0.454 e. The van der Waals surface area contributed by atoms with Crippen LogP contribution in [0.4, 0.5) is 0 Å². The molecule has 9 aromatic carbocycles. The Kier molecular flexibility index (Phi) is 6.41. The second-order valence-corrected chi connectivity index (χ2v) is 15.2. The largest absolute Gasteiger partial charge is 0.454 e. The zero-order chi connectivity index (χ0) is 37.9. The minimum atomic E-state index is 0.872. The number of rotatable bonds is 4. The number of furan rings is 2. The fourth-order valence-electron chi connectivity index (χ4n) is 9.66. The molecule has 58 heavy (non-hydrogen) atoms. The lowest BCUT2D eigenvalue weighted by Gasteiger charge is -2.17. The fraction of sp³-hybridized carbons (Fsp3) is 0. The van der Waals surface area contributed by atoms with Gasteiger partial charge in [-0.25, -0.2) is 0 Å². The van der Waals surface area contributed by atoms with Crippen LogP contribution in [0.15, 0.2) is 203 Å². The Morgan fingerprint density at radius 2 is 0.810 bits per heavy atom. The first kappa shape index (κ1) is 31.4. The van der Waals surface area contributed by atoms with E-state index >= 15 is 0 Å². The zero-order valence-corrected chi connectivity index (χ0v) is 31.2. The normalized spacial score (nSPS) is 12.1. The summed E-state index contributed by atoms with van der Waals surface area (Å²) >= 11 is 0. The number of nitrogens with zero attached hydrogens (tertiary/aromatic N) is 2. The van der Waals surface area contributed by atoms with E-state index in [1.807, 2.05) is 12.1 Å². The molecule has 4 heterocycles. The molecule has 4 aromatic heterocycles. The molecule has 0 bridgehead atoms. The van der Waals surface area contributed by atoms with Crippen LogP contribution < -0.4 is 0 Å². The van der Waals surface area contributed by atoms with Crippen molar-refractivity contribution in [3.05, 3.63) is 194 Å². The lowest BCUT2D eigenvalue weighted by atomic mass is 9.91. The molecule has 0 unspecified atom stereocenters. The molecule has 0 aliphatic rings. The van der Waals surface area contributed by atoms with Crippen LogP contribution in [0.2, 0.25) is 0 Å². The van der Waals surface area contributed by atoms with E-state index in [1.54, 1.807) is 0 Å². The van der Waals surface area contributed by atoms with Crippen LogP contribution in [0, 0.1) is 0 Å². The molecule has 0 amide bonds. The second-order valence-electron chi connectivity index (χ2n) is 15.2. The fourth-order valence-corrected chi connectivity index (χ4v) is 9.66. The van der Waals surface area contributed by atoms with Gasteiger partial charge in [0.2, 0.25) is 0 Å². The van der Waals surface area contributed by atoms with Gasteiger partial charge in [0.25, 0.3) is 0 Å². The Morgan fingerprint density at radius 1 is 0.310 bits per heavy atom. The van der Waals surface area contributed by atoms with E-state index in [1.165, 1.54) is 21.5 Å². The minimum absolute atomic E-state index is 0.872. The molecule has 0 spiro atoms. The number of aromatic nitrogens is 2. The summed E-state index contributed by atoms with van der Waals surface area (Å²) in [5, 5.41) is 9.21. The van der Waals surface area contributed by atoms with E-state index in [0.29, 0.717) is 0 Å². The van der Waals surface area contributed by atoms with Gasteiger partial charge in [0, 0.05) is 48.7 Å². The van der Waals surface area contributed by atoms with Gasteiger partial charge in [0.15, 0.2) is 11.2 Å². The lowest BCUT2D eigenvalue weighted by Crippen LogP contribution is -1.98. The molecular formula is C54H32N2O2. The summed E-state index contributed by atoms with van der Waals surface area (Å²) in [5.41, 5.74) is 14.7. The number of benzene rings is 9. The molecule has 4 nitrogen and oxygen atoms in total. The van der Waals surface area contributed by atoms with Crippen LogP contribution in [-0.4, -0.2) is 9.13 Å². The van der Waals surface area contributed by atoms with E-state index in [4.69, 9.17) is 8.83 Å². The van der Waals surface area contributed by atoms with Crippen molar-refractivity contribution >= 4 is 87.5 Å². The summed E-state index contributed by atoms with van der Waals surface area (Å²) in [6.45, 7) is 0. The summed E-state index contributed by atoms with van der Waals surface area (Å²) in [7, 11) is 0. The van der Waals surface area contributed by atoms with Crippen molar-refractivity contribution in [2.45, 2.75) is 0 Å². The van der Waals surface area contributed by atoms with Crippen LogP contribution in [-0.2, 0) is 0 Å². The van der Waals surface area contributed by atoms with Crippen LogP contribution in [0.1, 0.15) is 0 Å². The highest BCUT2D eigenvalue weighted by atomic mass is 16.3. The van der Waals surface area contributed by atoms with Crippen LogP contribution in [0.25, 0.3) is 121 Å². The molecule has 270 valence electrons. The molecule has 0 atom stereocenters. The van der Waals surface area contributed by atoms with Crippen molar-refractivity contribution in [3.63, 3.8) is 0 Å². The van der Waals surface area contributed by atoms with Gasteiger partial charge in [0.1, 0.15) is 11.2 Å². The van der Waals surface area contributed by atoms with Crippen LogP contribution >= 0.6 is 0 Å². The standard InChI is InChI=1S/C54H32N2O2/c1-2-14-33(15-3-1)35-30-31-41-37-17-5-9-23-45(37)56(47-25-13-21-43-40-19-7-11-27-50(40)58-54(43)47)52(41)51(35)34-28-29-38-36-16-4-8-22-44(36)55(48(38)32-34)46-24-12-20-42-39-18-6-10-26-49(39)57-53(42)46/h1-32H. The first-order valence-corrected chi connectivity index (χ1v) is 19.8. The predicted octanol–water partition coefficient (Wildman–Crippen LogP) is 15.0. The molecule has 0 fully saturated rings. The van der Waals surface area contributed by atoms with Crippen molar-refractivity contribution in [1.82, 2.24) is 9.13 Å². The predicted molar refractivity (Wildman–Crippen MR) is 241 cm³/mol. The van der Waals surface area contributed by atoms with Crippen molar-refractivity contribution in [1.29, 1.82) is 0 Å². The maximum Gasteiger partial charge on any atom is 0.159 e. The molecule has 0 saturated carbocycles. The molecule has 0 N–H and O–H groups in total. The van der Waals surface area contributed by atoms with E-state index in [0.717, 1.165) is 99.6 Å². The van der Waals surface area contributed by atoms with E-state index in [2.05, 4.69) is 191 Å². The Labute approximate surface area is 332 Å². The average molecular weight is 741 g/mol.